The van der Waals surface area contributed by atoms with E-state index < -0.39 is 0 Å². The van der Waals surface area contributed by atoms with Crippen LogP contribution >= 0.6 is 0 Å². The molecule has 1 amide bonds. The van der Waals surface area contributed by atoms with Crippen molar-refractivity contribution in [2.45, 2.75) is 25.2 Å². The number of carbonyl (C=O) groups is 1. The number of carbonyl (C=O) groups excluding carboxylic acids is 1. The monoisotopic (exact) mass is 394 g/mol. The number of nitrogens with zero attached hydrogens (tertiary/aromatic N) is 3. The Hall–Kier alpha value is -3.13. The first-order valence-electron chi connectivity index (χ1n) is 9.80. The van der Waals surface area contributed by atoms with Gasteiger partial charge in [0.1, 0.15) is 5.75 Å². The number of nitrogens with one attached hydrogen (secondary N) is 1. The molecule has 0 aliphatic carbocycles. The lowest BCUT2D eigenvalue weighted by Gasteiger charge is -2.19. The molecule has 4 heterocycles. The van der Waals surface area contributed by atoms with Crippen molar-refractivity contribution < 1.29 is 19.0 Å². The molecule has 0 radical (unpaired) electrons. The van der Waals surface area contributed by atoms with Crippen LogP contribution in [0.4, 0.5) is 5.82 Å². The molecule has 150 valence electrons. The highest BCUT2D eigenvalue weighted by atomic mass is 16.5. The zero-order valence-electron chi connectivity index (χ0n) is 16.2. The molecule has 0 spiro atoms. The Balaban J connectivity index is 1.46. The number of anilines is 1. The summed E-state index contributed by atoms with van der Waals surface area (Å²) in [5.41, 5.74) is 3.19. The zero-order valence-corrected chi connectivity index (χ0v) is 16.2. The highest BCUT2D eigenvalue weighted by molar-refractivity contribution is 6.06. The number of fused-ring (bicyclic) bond motifs is 2. The van der Waals surface area contributed by atoms with E-state index in [9.17, 15) is 4.79 Å². The molecular weight excluding hydrogens is 372 g/mol. The normalized spacial score (nSPS) is 16.4. The average Bonchev–Trinajstić information content (AvgIpc) is 3.40. The first-order chi connectivity index (χ1) is 14.2. The maximum atomic E-state index is 12.9. The van der Waals surface area contributed by atoms with Crippen molar-refractivity contribution in [1.82, 2.24) is 14.4 Å². The van der Waals surface area contributed by atoms with Crippen molar-refractivity contribution >= 4 is 17.4 Å². The van der Waals surface area contributed by atoms with Gasteiger partial charge in [-0.05, 0) is 24.5 Å². The van der Waals surface area contributed by atoms with E-state index in [4.69, 9.17) is 19.2 Å². The molecule has 0 atom stereocenters. The van der Waals surface area contributed by atoms with Crippen molar-refractivity contribution in [3.63, 3.8) is 0 Å². The summed E-state index contributed by atoms with van der Waals surface area (Å²) in [6.45, 7) is 2.10. The number of amides is 1. The molecular formula is C21H22N4O4. The third kappa shape index (κ3) is 3.29. The van der Waals surface area contributed by atoms with Gasteiger partial charge < -0.3 is 19.5 Å². The lowest BCUT2D eigenvalue weighted by atomic mass is 9.97. The first kappa shape index (κ1) is 17.9. The maximum absolute atomic E-state index is 12.9. The van der Waals surface area contributed by atoms with Gasteiger partial charge in [-0.3, -0.25) is 9.20 Å². The molecule has 0 unspecified atom stereocenters. The Morgan fingerprint density at radius 2 is 2.07 bits per heavy atom. The van der Waals surface area contributed by atoms with Gasteiger partial charge in [0, 0.05) is 31.7 Å². The molecule has 0 saturated carbocycles. The topological polar surface area (TPSA) is 87.0 Å². The number of hydrogen-bond donors (Lipinski definition) is 1. The molecule has 1 aromatic carbocycles. The second kappa shape index (κ2) is 7.36. The van der Waals surface area contributed by atoms with E-state index in [1.807, 2.05) is 22.7 Å². The summed E-state index contributed by atoms with van der Waals surface area (Å²) in [6, 6.07) is 5.61. The van der Waals surface area contributed by atoms with E-state index in [0.717, 1.165) is 43.7 Å². The Kier molecular flexibility index (Phi) is 4.55. The number of imidazole rings is 1. The summed E-state index contributed by atoms with van der Waals surface area (Å²) < 4.78 is 18.4. The Morgan fingerprint density at radius 3 is 2.90 bits per heavy atom. The van der Waals surface area contributed by atoms with Crippen molar-refractivity contribution in [3.05, 3.63) is 47.4 Å². The molecule has 2 aliphatic rings. The molecule has 2 aromatic heterocycles. The summed E-state index contributed by atoms with van der Waals surface area (Å²) in [6.07, 6.45) is 6.45. The fraction of sp³-hybridized carbons (Fsp3) is 0.381. The summed E-state index contributed by atoms with van der Waals surface area (Å²) >= 11 is 0. The minimum atomic E-state index is -0.262. The SMILES string of the molecule is COc1nc(NC(=O)c2cccc3c2OCC3)cn2cc(C3CCOCC3)nc12. The number of benzene rings is 1. The van der Waals surface area contributed by atoms with Crippen LogP contribution in [0.25, 0.3) is 5.65 Å². The quantitative estimate of drug-likeness (QED) is 0.732. The standard InChI is InChI=1S/C21H22N4O4/c1-27-21-19-22-16(13-5-8-28-9-6-13)11-25(19)12-17(24-21)23-20(26)15-4-2-3-14-7-10-29-18(14)15/h2-4,11-13H,5-10H2,1H3,(H,23,26). The summed E-state index contributed by atoms with van der Waals surface area (Å²) in [5.74, 6) is 1.52. The van der Waals surface area contributed by atoms with Gasteiger partial charge in [-0.25, -0.2) is 4.98 Å². The molecule has 1 N–H and O–H groups in total. The number of aromatic nitrogens is 3. The van der Waals surface area contributed by atoms with Crippen LogP contribution in [0.1, 0.15) is 40.4 Å². The summed E-state index contributed by atoms with van der Waals surface area (Å²) in [5, 5.41) is 2.86. The Bertz CT molecular complexity index is 1070. The van der Waals surface area contributed by atoms with Crippen molar-refractivity contribution in [3.8, 4) is 11.6 Å². The number of ether oxygens (including phenoxy) is 3. The van der Waals surface area contributed by atoms with Gasteiger partial charge in [-0.1, -0.05) is 12.1 Å². The van der Waals surface area contributed by atoms with Crippen molar-refractivity contribution in [2.75, 3.05) is 32.2 Å². The van der Waals surface area contributed by atoms with E-state index in [1.54, 1.807) is 19.4 Å². The van der Waals surface area contributed by atoms with Crippen molar-refractivity contribution in [2.24, 2.45) is 0 Å². The molecule has 5 rings (SSSR count). The smallest absolute Gasteiger partial charge is 0.260 e. The fourth-order valence-electron chi connectivity index (χ4n) is 3.95. The van der Waals surface area contributed by atoms with Gasteiger partial charge >= 0.3 is 0 Å². The molecule has 2 aliphatic heterocycles. The van der Waals surface area contributed by atoms with Gasteiger partial charge in [-0.2, -0.15) is 4.98 Å². The largest absolute Gasteiger partial charge is 0.492 e. The predicted octanol–water partition coefficient (Wildman–Crippen LogP) is 2.82. The fourth-order valence-corrected chi connectivity index (χ4v) is 3.95. The molecule has 29 heavy (non-hydrogen) atoms. The summed E-state index contributed by atoms with van der Waals surface area (Å²) in [4.78, 5) is 22.0. The average molecular weight is 394 g/mol. The predicted molar refractivity (Wildman–Crippen MR) is 106 cm³/mol. The lowest BCUT2D eigenvalue weighted by molar-refractivity contribution is 0.0846. The Morgan fingerprint density at radius 1 is 1.21 bits per heavy atom. The minimum absolute atomic E-state index is 0.262. The third-order valence-corrected chi connectivity index (χ3v) is 5.46. The van der Waals surface area contributed by atoms with Gasteiger partial charge in [0.25, 0.3) is 11.8 Å². The maximum Gasteiger partial charge on any atom is 0.260 e. The molecule has 1 saturated heterocycles. The molecule has 3 aromatic rings. The lowest BCUT2D eigenvalue weighted by Crippen LogP contribution is -2.15. The van der Waals surface area contributed by atoms with Crippen LogP contribution < -0.4 is 14.8 Å². The zero-order chi connectivity index (χ0) is 19.8. The van der Waals surface area contributed by atoms with Crippen LogP contribution in [-0.4, -0.2) is 47.2 Å². The van der Waals surface area contributed by atoms with Crippen LogP contribution in [0.3, 0.4) is 0 Å². The summed E-state index contributed by atoms with van der Waals surface area (Å²) in [7, 11) is 1.55. The van der Waals surface area contributed by atoms with Crippen LogP contribution in [0.5, 0.6) is 11.6 Å². The van der Waals surface area contributed by atoms with Crippen LogP contribution in [0.2, 0.25) is 0 Å². The number of hydrogen-bond acceptors (Lipinski definition) is 6. The van der Waals surface area contributed by atoms with Crippen molar-refractivity contribution in [1.29, 1.82) is 0 Å². The molecule has 1 fully saturated rings. The van der Waals surface area contributed by atoms with E-state index >= 15 is 0 Å². The van der Waals surface area contributed by atoms with Crippen LogP contribution in [0, 0.1) is 0 Å². The minimum Gasteiger partial charge on any atom is -0.492 e. The van der Waals surface area contributed by atoms with E-state index in [2.05, 4.69) is 10.3 Å². The van der Waals surface area contributed by atoms with Gasteiger partial charge in [-0.15, -0.1) is 0 Å². The highest BCUT2D eigenvalue weighted by Gasteiger charge is 2.23. The van der Waals surface area contributed by atoms with Gasteiger partial charge in [0.05, 0.1) is 31.2 Å². The third-order valence-electron chi connectivity index (χ3n) is 5.46. The van der Waals surface area contributed by atoms with E-state index in [1.165, 1.54) is 0 Å². The van der Waals surface area contributed by atoms with Gasteiger partial charge in [0.15, 0.2) is 5.82 Å². The number of methoxy groups -OCH3 is 1. The first-order valence-corrected chi connectivity index (χ1v) is 9.80. The number of para-hydroxylation sites is 1. The van der Waals surface area contributed by atoms with E-state index in [0.29, 0.717) is 41.2 Å². The van der Waals surface area contributed by atoms with Crippen LogP contribution in [0.15, 0.2) is 30.6 Å². The number of rotatable bonds is 4. The van der Waals surface area contributed by atoms with E-state index in [-0.39, 0.29) is 5.91 Å². The molecule has 0 bridgehead atoms. The highest BCUT2D eigenvalue weighted by Crippen LogP contribution is 2.31. The van der Waals surface area contributed by atoms with Gasteiger partial charge in [0.2, 0.25) is 5.65 Å². The molecule has 8 heteroatoms. The second-order valence-electron chi connectivity index (χ2n) is 7.27. The molecule has 8 nitrogen and oxygen atoms in total. The second-order valence-corrected chi connectivity index (χ2v) is 7.27. The van der Waals surface area contributed by atoms with Crippen LogP contribution in [-0.2, 0) is 11.2 Å². The Labute approximate surface area is 167 Å².